The van der Waals surface area contributed by atoms with Crippen molar-refractivity contribution < 1.29 is 9.59 Å². The zero-order valence-corrected chi connectivity index (χ0v) is 16.6. The Morgan fingerprint density at radius 2 is 1.79 bits per heavy atom. The fourth-order valence-corrected chi connectivity index (χ4v) is 4.54. The number of nitrogens with zero attached hydrogens (tertiary/aromatic N) is 2. The van der Waals surface area contributed by atoms with Crippen LogP contribution in [0, 0.1) is 5.92 Å². The molecule has 1 amide bonds. The molecule has 1 saturated heterocycles. The van der Waals surface area contributed by atoms with E-state index in [4.69, 9.17) is 0 Å². The van der Waals surface area contributed by atoms with E-state index in [0.717, 1.165) is 50.1 Å². The van der Waals surface area contributed by atoms with Gasteiger partial charge in [-0.3, -0.25) is 14.5 Å². The van der Waals surface area contributed by atoms with Gasteiger partial charge in [-0.25, -0.2) is 0 Å². The molecule has 4 heteroatoms. The number of rotatable bonds is 5. The van der Waals surface area contributed by atoms with Crippen molar-refractivity contribution in [2.24, 2.45) is 5.92 Å². The van der Waals surface area contributed by atoms with E-state index >= 15 is 0 Å². The van der Waals surface area contributed by atoms with E-state index in [1.807, 2.05) is 30.1 Å². The SMILES string of the molecule is CN(CC1CCN(Cc2ccccc2)CC1)C(=O)c1cccc2c1CCC2=O. The Morgan fingerprint density at radius 1 is 1.04 bits per heavy atom. The number of hydrogen-bond acceptors (Lipinski definition) is 3. The summed E-state index contributed by atoms with van der Waals surface area (Å²) in [7, 11) is 1.90. The third-order valence-electron chi connectivity index (χ3n) is 6.14. The molecule has 2 aromatic carbocycles. The highest BCUT2D eigenvalue weighted by molar-refractivity contribution is 6.05. The van der Waals surface area contributed by atoms with E-state index < -0.39 is 0 Å². The number of carbonyl (C=O) groups is 2. The highest BCUT2D eigenvalue weighted by Crippen LogP contribution is 2.27. The molecular formula is C24H28N2O2. The summed E-state index contributed by atoms with van der Waals surface area (Å²) >= 11 is 0. The highest BCUT2D eigenvalue weighted by Gasteiger charge is 2.27. The maximum Gasteiger partial charge on any atom is 0.253 e. The first-order valence-corrected chi connectivity index (χ1v) is 10.3. The van der Waals surface area contributed by atoms with Gasteiger partial charge < -0.3 is 4.90 Å². The Labute approximate surface area is 167 Å². The van der Waals surface area contributed by atoms with Crippen LogP contribution in [0.25, 0.3) is 0 Å². The minimum atomic E-state index is 0.0539. The standard InChI is InChI=1S/C24H28N2O2/c1-25(24(28)22-9-5-8-21-20(22)10-11-23(21)27)16-19-12-14-26(15-13-19)17-18-6-3-2-4-7-18/h2-9,19H,10-17H2,1H3. The lowest BCUT2D eigenvalue weighted by molar-refractivity contribution is 0.0736. The summed E-state index contributed by atoms with van der Waals surface area (Å²) in [5.74, 6) is 0.760. The molecule has 1 heterocycles. The van der Waals surface area contributed by atoms with Gasteiger partial charge in [0.05, 0.1) is 0 Å². The minimum absolute atomic E-state index is 0.0539. The van der Waals surface area contributed by atoms with Crippen LogP contribution in [0.15, 0.2) is 48.5 Å². The molecule has 0 radical (unpaired) electrons. The number of benzene rings is 2. The molecule has 4 rings (SSSR count). The molecule has 1 aliphatic heterocycles. The number of ketones is 1. The van der Waals surface area contributed by atoms with Crippen LogP contribution in [-0.2, 0) is 13.0 Å². The average Bonchev–Trinajstić information content (AvgIpc) is 3.11. The van der Waals surface area contributed by atoms with Gasteiger partial charge in [0.1, 0.15) is 0 Å². The first-order valence-electron chi connectivity index (χ1n) is 10.3. The van der Waals surface area contributed by atoms with Crippen LogP contribution in [0.5, 0.6) is 0 Å². The van der Waals surface area contributed by atoms with Gasteiger partial charge in [-0.15, -0.1) is 0 Å². The number of amides is 1. The van der Waals surface area contributed by atoms with E-state index in [-0.39, 0.29) is 11.7 Å². The van der Waals surface area contributed by atoms with Gasteiger partial charge in [0, 0.05) is 37.7 Å². The highest BCUT2D eigenvalue weighted by atomic mass is 16.2. The Bertz CT molecular complexity index is 854. The van der Waals surface area contributed by atoms with E-state index in [0.29, 0.717) is 24.3 Å². The van der Waals surface area contributed by atoms with E-state index in [2.05, 4.69) is 35.2 Å². The fraction of sp³-hybridized carbons (Fsp3) is 0.417. The summed E-state index contributed by atoms with van der Waals surface area (Å²) in [6.45, 7) is 3.95. The summed E-state index contributed by atoms with van der Waals surface area (Å²) in [5, 5.41) is 0. The molecule has 2 aliphatic rings. The molecule has 0 unspecified atom stereocenters. The molecule has 0 bridgehead atoms. The number of hydrogen-bond donors (Lipinski definition) is 0. The molecule has 2 aromatic rings. The first kappa shape index (κ1) is 18.9. The summed E-state index contributed by atoms with van der Waals surface area (Å²) in [6.07, 6.45) is 3.47. The van der Waals surface area contributed by atoms with Gasteiger partial charge in [-0.2, -0.15) is 0 Å². The van der Waals surface area contributed by atoms with Gasteiger partial charge in [0.2, 0.25) is 0 Å². The first-order chi connectivity index (χ1) is 13.6. The summed E-state index contributed by atoms with van der Waals surface area (Å²) in [6, 6.07) is 16.2. The number of piperidine rings is 1. The molecule has 0 atom stereocenters. The van der Waals surface area contributed by atoms with Crippen molar-refractivity contribution >= 4 is 11.7 Å². The van der Waals surface area contributed by atoms with Crippen molar-refractivity contribution in [1.82, 2.24) is 9.80 Å². The summed E-state index contributed by atoms with van der Waals surface area (Å²) in [5.41, 5.74) is 3.77. The molecule has 0 spiro atoms. The lowest BCUT2D eigenvalue weighted by Gasteiger charge is -2.34. The number of Topliss-reactive ketones (excluding diaryl/α,β-unsaturated/α-hetero) is 1. The number of fused-ring (bicyclic) bond motifs is 1. The molecule has 146 valence electrons. The zero-order chi connectivity index (χ0) is 19.5. The monoisotopic (exact) mass is 376 g/mol. The fourth-order valence-electron chi connectivity index (χ4n) is 4.54. The lowest BCUT2D eigenvalue weighted by Crippen LogP contribution is -2.39. The number of likely N-dealkylation sites (tertiary alicyclic amines) is 1. The van der Waals surface area contributed by atoms with Crippen molar-refractivity contribution in [1.29, 1.82) is 0 Å². The maximum atomic E-state index is 13.0. The van der Waals surface area contributed by atoms with Crippen LogP contribution < -0.4 is 0 Å². The van der Waals surface area contributed by atoms with Crippen LogP contribution in [0.2, 0.25) is 0 Å². The number of carbonyl (C=O) groups excluding carboxylic acids is 2. The predicted molar refractivity (Wildman–Crippen MR) is 110 cm³/mol. The quantitative estimate of drug-likeness (QED) is 0.797. The van der Waals surface area contributed by atoms with Gasteiger partial charge in [0.25, 0.3) is 5.91 Å². The smallest absolute Gasteiger partial charge is 0.253 e. The van der Waals surface area contributed by atoms with Crippen LogP contribution in [0.4, 0.5) is 0 Å². The van der Waals surface area contributed by atoms with E-state index in [9.17, 15) is 9.59 Å². The maximum absolute atomic E-state index is 13.0. The molecule has 0 N–H and O–H groups in total. The second kappa shape index (κ2) is 8.27. The second-order valence-corrected chi connectivity index (χ2v) is 8.15. The van der Waals surface area contributed by atoms with Crippen LogP contribution >= 0.6 is 0 Å². The van der Waals surface area contributed by atoms with Gasteiger partial charge in [-0.1, -0.05) is 42.5 Å². The van der Waals surface area contributed by atoms with Gasteiger partial charge in [-0.05, 0) is 55.5 Å². The van der Waals surface area contributed by atoms with Gasteiger partial charge in [0.15, 0.2) is 5.78 Å². The van der Waals surface area contributed by atoms with Gasteiger partial charge >= 0.3 is 0 Å². The average molecular weight is 377 g/mol. The molecule has 4 nitrogen and oxygen atoms in total. The molecule has 1 aliphatic carbocycles. The molecule has 0 aromatic heterocycles. The normalized spacial score (nSPS) is 17.5. The summed E-state index contributed by atoms with van der Waals surface area (Å²) in [4.78, 5) is 29.3. The van der Waals surface area contributed by atoms with Crippen molar-refractivity contribution in [2.75, 3.05) is 26.7 Å². The van der Waals surface area contributed by atoms with E-state index in [1.165, 1.54) is 5.56 Å². The third kappa shape index (κ3) is 4.02. The molecule has 1 fully saturated rings. The molecule has 0 saturated carbocycles. The largest absolute Gasteiger partial charge is 0.341 e. The Kier molecular flexibility index (Phi) is 5.58. The second-order valence-electron chi connectivity index (χ2n) is 8.15. The predicted octanol–water partition coefficient (Wildman–Crippen LogP) is 3.80. The van der Waals surface area contributed by atoms with E-state index in [1.54, 1.807) is 0 Å². The van der Waals surface area contributed by atoms with Crippen molar-refractivity contribution in [3.8, 4) is 0 Å². The lowest BCUT2D eigenvalue weighted by atomic mass is 9.95. The van der Waals surface area contributed by atoms with Crippen molar-refractivity contribution in [3.05, 3.63) is 70.8 Å². The molecule has 28 heavy (non-hydrogen) atoms. The summed E-state index contributed by atoms with van der Waals surface area (Å²) < 4.78 is 0. The Balaban J connectivity index is 1.32. The van der Waals surface area contributed by atoms with Crippen LogP contribution in [-0.4, -0.2) is 48.2 Å². The minimum Gasteiger partial charge on any atom is -0.341 e. The molecular weight excluding hydrogens is 348 g/mol. The Morgan fingerprint density at radius 3 is 2.54 bits per heavy atom. The van der Waals surface area contributed by atoms with Crippen LogP contribution in [0.3, 0.4) is 0 Å². The van der Waals surface area contributed by atoms with Crippen LogP contribution in [0.1, 0.15) is 51.1 Å². The topological polar surface area (TPSA) is 40.6 Å². The van der Waals surface area contributed by atoms with Crippen molar-refractivity contribution in [3.63, 3.8) is 0 Å². The van der Waals surface area contributed by atoms with Crippen molar-refractivity contribution in [2.45, 2.75) is 32.2 Å². The third-order valence-corrected chi connectivity index (χ3v) is 6.14. The zero-order valence-electron chi connectivity index (χ0n) is 16.6. The Hall–Kier alpha value is -2.46.